The Balaban J connectivity index is 1.98. The van der Waals surface area contributed by atoms with E-state index < -0.39 is 6.10 Å². The van der Waals surface area contributed by atoms with Gasteiger partial charge in [-0.3, -0.25) is 4.79 Å². The SMILES string of the molecule is O=c1cc2c(nn1-c1ccc(Cl)cc1)-c1ccccc1SCC2O. The quantitative estimate of drug-likeness (QED) is 0.722. The molecule has 1 N–H and O–H groups in total. The van der Waals surface area contributed by atoms with E-state index >= 15 is 0 Å². The predicted molar refractivity (Wildman–Crippen MR) is 96.0 cm³/mol. The zero-order chi connectivity index (χ0) is 16.7. The molecular weight excluding hydrogens is 344 g/mol. The van der Waals surface area contributed by atoms with Crippen molar-refractivity contribution in [1.29, 1.82) is 0 Å². The molecule has 0 fully saturated rings. The van der Waals surface area contributed by atoms with Gasteiger partial charge in [0.25, 0.3) is 5.56 Å². The van der Waals surface area contributed by atoms with Crippen LogP contribution in [0.25, 0.3) is 16.9 Å². The van der Waals surface area contributed by atoms with Crippen molar-refractivity contribution in [3.8, 4) is 16.9 Å². The lowest BCUT2D eigenvalue weighted by atomic mass is 10.0. The molecule has 6 heteroatoms. The van der Waals surface area contributed by atoms with Crippen LogP contribution in [0.1, 0.15) is 11.7 Å². The molecule has 2 aromatic carbocycles. The Bertz CT molecular complexity index is 969. The average molecular weight is 357 g/mol. The number of benzene rings is 2. The minimum absolute atomic E-state index is 0.278. The van der Waals surface area contributed by atoms with Crippen LogP contribution in [0.15, 0.2) is 64.3 Å². The molecule has 0 saturated carbocycles. The minimum Gasteiger partial charge on any atom is -0.387 e. The minimum atomic E-state index is -0.725. The summed E-state index contributed by atoms with van der Waals surface area (Å²) in [6, 6.07) is 16.3. The third-order valence-electron chi connectivity index (χ3n) is 3.93. The highest BCUT2D eigenvalue weighted by Crippen LogP contribution is 2.39. The summed E-state index contributed by atoms with van der Waals surface area (Å²) in [6.45, 7) is 0. The van der Waals surface area contributed by atoms with E-state index in [0.717, 1.165) is 10.5 Å². The van der Waals surface area contributed by atoms with E-state index in [1.165, 1.54) is 10.7 Å². The molecule has 0 radical (unpaired) electrons. The predicted octanol–water partition coefficient (Wildman–Crippen LogP) is 3.69. The van der Waals surface area contributed by atoms with Crippen LogP contribution in [0.2, 0.25) is 5.02 Å². The van der Waals surface area contributed by atoms with Crippen LogP contribution < -0.4 is 5.56 Å². The summed E-state index contributed by atoms with van der Waals surface area (Å²) in [5.74, 6) is 0.496. The number of fused-ring (bicyclic) bond motifs is 3. The van der Waals surface area contributed by atoms with Crippen molar-refractivity contribution in [3.63, 3.8) is 0 Å². The first-order chi connectivity index (χ1) is 11.6. The lowest BCUT2D eigenvalue weighted by Crippen LogP contribution is -2.23. The first kappa shape index (κ1) is 15.4. The zero-order valence-corrected chi connectivity index (χ0v) is 14.1. The molecule has 3 aromatic rings. The van der Waals surface area contributed by atoms with Gasteiger partial charge in [0.15, 0.2) is 0 Å². The van der Waals surface area contributed by atoms with Gasteiger partial charge in [-0.1, -0.05) is 29.8 Å². The number of aliphatic hydroxyl groups excluding tert-OH is 1. The molecule has 0 amide bonds. The van der Waals surface area contributed by atoms with Gasteiger partial charge in [-0.15, -0.1) is 11.8 Å². The van der Waals surface area contributed by atoms with Crippen molar-refractivity contribution in [2.24, 2.45) is 0 Å². The van der Waals surface area contributed by atoms with E-state index in [4.69, 9.17) is 11.6 Å². The van der Waals surface area contributed by atoms with Crippen molar-refractivity contribution in [2.75, 3.05) is 5.75 Å². The highest BCUT2D eigenvalue weighted by Gasteiger charge is 2.24. The lowest BCUT2D eigenvalue weighted by molar-refractivity contribution is 0.204. The van der Waals surface area contributed by atoms with E-state index in [1.807, 2.05) is 24.3 Å². The molecule has 24 heavy (non-hydrogen) atoms. The summed E-state index contributed by atoms with van der Waals surface area (Å²) < 4.78 is 1.34. The first-order valence-corrected chi connectivity index (χ1v) is 8.80. The van der Waals surface area contributed by atoms with Gasteiger partial charge < -0.3 is 5.11 Å². The van der Waals surface area contributed by atoms with E-state index in [1.54, 1.807) is 36.0 Å². The van der Waals surface area contributed by atoms with E-state index in [-0.39, 0.29) is 5.56 Å². The topological polar surface area (TPSA) is 55.1 Å². The highest BCUT2D eigenvalue weighted by molar-refractivity contribution is 7.99. The molecule has 1 aliphatic rings. The second-order valence-electron chi connectivity index (χ2n) is 5.50. The van der Waals surface area contributed by atoms with Gasteiger partial charge in [0.1, 0.15) is 0 Å². The number of aromatic nitrogens is 2. The first-order valence-electron chi connectivity index (χ1n) is 7.44. The summed E-state index contributed by atoms with van der Waals surface area (Å²) in [7, 11) is 0. The maximum absolute atomic E-state index is 12.5. The Kier molecular flexibility index (Phi) is 3.92. The van der Waals surface area contributed by atoms with Crippen LogP contribution in [0.4, 0.5) is 0 Å². The number of hydrogen-bond donors (Lipinski definition) is 1. The third kappa shape index (κ3) is 2.65. The van der Waals surface area contributed by atoms with Crippen molar-refractivity contribution in [1.82, 2.24) is 9.78 Å². The summed E-state index contributed by atoms with van der Waals surface area (Å²) in [4.78, 5) is 13.5. The second-order valence-corrected chi connectivity index (χ2v) is 7.00. The largest absolute Gasteiger partial charge is 0.387 e. The second kappa shape index (κ2) is 6.09. The molecule has 0 bridgehead atoms. The van der Waals surface area contributed by atoms with Crippen LogP contribution in [0.5, 0.6) is 0 Å². The smallest absolute Gasteiger partial charge is 0.271 e. The van der Waals surface area contributed by atoms with E-state index in [9.17, 15) is 9.90 Å². The molecule has 1 unspecified atom stereocenters. The van der Waals surface area contributed by atoms with Crippen molar-refractivity contribution >= 4 is 23.4 Å². The number of hydrogen-bond acceptors (Lipinski definition) is 4. The fourth-order valence-corrected chi connectivity index (χ4v) is 3.88. The molecule has 0 spiro atoms. The van der Waals surface area contributed by atoms with Crippen LogP contribution >= 0.6 is 23.4 Å². The molecule has 0 saturated heterocycles. The Morgan fingerprint density at radius 2 is 1.92 bits per heavy atom. The Morgan fingerprint density at radius 1 is 1.17 bits per heavy atom. The maximum Gasteiger partial charge on any atom is 0.271 e. The lowest BCUT2D eigenvalue weighted by Gasteiger charge is -2.13. The molecule has 2 heterocycles. The van der Waals surface area contributed by atoms with Gasteiger partial charge in [0.05, 0.1) is 17.5 Å². The number of rotatable bonds is 1. The summed E-state index contributed by atoms with van der Waals surface area (Å²) >= 11 is 7.48. The van der Waals surface area contributed by atoms with Gasteiger partial charge >= 0.3 is 0 Å². The van der Waals surface area contributed by atoms with Crippen LogP contribution in [0, 0.1) is 0 Å². The molecule has 120 valence electrons. The number of nitrogens with zero attached hydrogens (tertiary/aromatic N) is 2. The Hall–Kier alpha value is -2.08. The van der Waals surface area contributed by atoms with Crippen LogP contribution in [-0.2, 0) is 0 Å². The molecule has 4 nitrogen and oxygen atoms in total. The summed E-state index contributed by atoms with van der Waals surface area (Å²) in [6.07, 6.45) is -0.725. The summed E-state index contributed by atoms with van der Waals surface area (Å²) in [5.41, 5.74) is 2.49. The molecule has 4 rings (SSSR count). The molecule has 0 aliphatic carbocycles. The Labute approximate surface area is 147 Å². The molecule has 1 atom stereocenters. The van der Waals surface area contributed by atoms with Crippen LogP contribution in [-0.4, -0.2) is 20.6 Å². The standard InChI is InChI=1S/C18H13ClN2O2S/c19-11-5-7-12(8-6-11)21-17(23)9-14-15(22)10-24-16-4-2-1-3-13(16)18(14)20-21/h1-9,15,22H,10H2. The fourth-order valence-electron chi connectivity index (χ4n) is 2.75. The van der Waals surface area contributed by atoms with Crippen molar-refractivity contribution < 1.29 is 5.11 Å². The van der Waals surface area contributed by atoms with Crippen molar-refractivity contribution in [2.45, 2.75) is 11.0 Å². The fraction of sp³-hybridized carbons (Fsp3) is 0.111. The monoisotopic (exact) mass is 356 g/mol. The maximum atomic E-state index is 12.5. The third-order valence-corrected chi connectivity index (χ3v) is 5.33. The van der Waals surface area contributed by atoms with Crippen molar-refractivity contribution in [3.05, 3.63) is 75.5 Å². The van der Waals surface area contributed by atoms with E-state index in [0.29, 0.717) is 27.7 Å². The van der Waals surface area contributed by atoms with Gasteiger partial charge in [-0.05, 0) is 30.3 Å². The van der Waals surface area contributed by atoms with Crippen LogP contribution in [0.3, 0.4) is 0 Å². The molecule has 1 aliphatic heterocycles. The van der Waals surface area contributed by atoms with Gasteiger partial charge in [-0.25, -0.2) is 0 Å². The summed E-state index contributed by atoms with van der Waals surface area (Å²) in [5, 5.41) is 15.6. The number of halogens is 1. The number of thioether (sulfide) groups is 1. The van der Waals surface area contributed by atoms with Gasteiger partial charge in [0, 0.05) is 32.9 Å². The van der Waals surface area contributed by atoms with Gasteiger partial charge in [-0.2, -0.15) is 9.78 Å². The normalized spacial score (nSPS) is 16.2. The van der Waals surface area contributed by atoms with E-state index in [2.05, 4.69) is 5.10 Å². The zero-order valence-electron chi connectivity index (χ0n) is 12.5. The Morgan fingerprint density at radius 3 is 2.71 bits per heavy atom. The highest BCUT2D eigenvalue weighted by atomic mass is 35.5. The molecule has 1 aromatic heterocycles. The number of aliphatic hydroxyl groups is 1. The molecular formula is C18H13ClN2O2S. The average Bonchev–Trinajstić information content (AvgIpc) is 2.73. The van der Waals surface area contributed by atoms with Gasteiger partial charge in [0.2, 0.25) is 0 Å².